The predicted molar refractivity (Wildman–Crippen MR) is 83.5 cm³/mol. The Morgan fingerprint density at radius 1 is 1.18 bits per heavy atom. The first-order valence-corrected chi connectivity index (χ1v) is 8.01. The molecule has 0 amide bonds. The van der Waals surface area contributed by atoms with Crippen LogP contribution in [-0.4, -0.2) is 58.3 Å². The van der Waals surface area contributed by atoms with Crippen LogP contribution in [-0.2, 0) is 0 Å². The van der Waals surface area contributed by atoms with Crippen LogP contribution in [0.1, 0.15) is 19.3 Å². The van der Waals surface area contributed by atoms with E-state index in [1.54, 1.807) is 6.07 Å². The fourth-order valence-corrected chi connectivity index (χ4v) is 3.66. The van der Waals surface area contributed by atoms with Crippen molar-refractivity contribution in [2.75, 3.05) is 31.1 Å². The topological polar surface area (TPSA) is 55.4 Å². The molecule has 3 heterocycles. The standard InChI is InChI=1S/C16H21FN4O/c17-11-1-2-14-15(9-11)19-16(18-14)20-6-3-12(4-7-20)21-8-5-13(22)10-21/h1-2,9,12-13,22H,3-8,10H2,(H,18,19). The number of β-amino-alcohol motifs (C(OH)–C–C–N with tert-alkyl or cyclic N) is 1. The molecular formula is C16H21FN4O. The highest BCUT2D eigenvalue weighted by molar-refractivity contribution is 5.77. The lowest BCUT2D eigenvalue weighted by atomic mass is 10.0. The van der Waals surface area contributed by atoms with E-state index in [0.717, 1.165) is 62.4 Å². The number of anilines is 1. The zero-order chi connectivity index (χ0) is 15.1. The van der Waals surface area contributed by atoms with Gasteiger partial charge in [0.05, 0.1) is 17.1 Å². The van der Waals surface area contributed by atoms with Crippen LogP contribution in [0, 0.1) is 5.82 Å². The van der Waals surface area contributed by atoms with E-state index in [4.69, 9.17) is 0 Å². The summed E-state index contributed by atoms with van der Waals surface area (Å²) in [6.45, 7) is 3.71. The third-order valence-electron chi connectivity index (χ3n) is 4.91. The number of nitrogens with one attached hydrogen (secondary N) is 1. The molecule has 1 aromatic heterocycles. The number of nitrogens with zero attached hydrogens (tertiary/aromatic N) is 3. The van der Waals surface area contributed by atoms with Gasteiger partial charge in [-0.15, -0.1) is 0 Å². The van der Waals surface area contributed by atoms with Gasteiger partial charge in [-0.2, -0.15) is 0 Å². The average molecular weight is 304 g/mol. The van der Waals surface area contributed by atoms with Crippen LogP contribution in [0.3, 0.4) is 0 Å². The number of aliphatic hydroxyl groups is 1. The van der Waals surface area contributed by atoms with E-state index in [1.165, 1.54) is 12.1 Å². The first-order valence-electron chi connectivity index (χ1n) is 8.01. The van der Waals surface area contributed by atoms with Crippen molar-refractivity contribution >= 4 is 17.0 Å². The van der Waals surface area contributed by atoms with Gasteiger partial charge in [-0.05, 0) is 37.5 Å². The number of H-pyrrole nitrogens is 1. The molecule has 2 fully saturated rings. The van der Waals surface area contributed by atoms with Gasteiger partial charge in [0.2, 0.25) is 5.95 Å². The average Bonchev–Trinajstić information content (AvgIpc) is 3.13. The minimum absolute atomic E-state index is 0.150. The van der Waals surface area contributed by atoms with E-state index in [9.17, 15) is 9.50 Å². The summed E-state index contributed by atoms with van der Waals surface area (Å²) in [4.78, 5) is 12.4. The summed E-state index contributed by atoms with van der Waals surface area (Å²) in [5, 5.41) is 9.67. The highest BCUT2D eigenvalue weighted by Gasteiger charge is 2.30. The molecule has 0 spiro atoms. The third-order valence-corrected chi connectivity index (χ3v) is 4.91. The molecule has 1 atom stereocenters. The Balaban J connectivity index is 1.44. The number of benzene rings is 1. The smallest absolute Gasteiger partial charge is 0.203 e. The zero-order valence-electron chi connectivity index (χ0n) is 12.5. The van der Waals surface area contributed by atoms with Crippen LogP contribution in [0.15, 0.2) is 18.2 Å². The predicted octanol–water partition coefficient (Wildman–Crippen LogP) is 1.74. The first-order chi connectivity index (χ1) is 10.7. The third kappa shape index (κ3) is 2.57. The largest absolute Gasteiger partial charge is 0.392 e. The van der Waals surface area contributed by atoms with Gasteiger partial charge >= 0.3 is 0 Å². The monoisotopic (exact) mass is 304 g/mol. The molecule has 5 nitrogen and oxygen atoms in total. The maximum Gasteiger partial charge on any atom is 0.203 e. The number of aromatic nitrogens is 2. The molecule has 0 bridgehead atoms. The van der Waals surface area contributed by atoms with E-state index in [0.29, 0.717) is 6.04 Å². The molecule has 2 aromatic rings. The van der Waals surface area contributed by atoms with E-state index in [-0.39, 0.29) is 11.9 Å². The molecule has 0 saturated carbocycles. The SMILES string of the molecule is OC1CCN(C2CCN(c3nc4ccc(F)cc4[nH]3)CC2)C1. The van der Waals surface area contributed by atoms with E-state index >= 15 is 0 Å². The Labute approximate surface area is 128 Å². The summed E-state index contributed by atoms with van der Waals surface area (Å²) in [5.74, 6) is 0.592. The van der Waals surface area contributed by atoms with Crippen LogP contribution in [0.5, 0.6) is 0 Å². The van der Waals surface area contributed by atoms with Crippen LogP contribution >= 0.6 is 0 Å². The van der Waals surface area contributed by atoms with Gasteiger partial charge < -0.3 is 15.0 Å². The number of piperidine rings is 1. The molecule has 2 aliphatic rings. The highest BCUT2D eigenvalue weighted by Crippen LogP contribution is 2.25. The lowest BCUT2D eigenvalue weighted by Crippen LogP contribution is -2.44. The van der Waals surface area contributed by atoms with Crippen LogP contribution in [0.4, 0.5) is 10.3 Å². The Bertz CT molecular complexity index is 665. The van der Waals surface area contributed by atoms with Crippen molar-refractivity contribution in [1.82, 2.24) is 14.9 Å². The normalized spacial score (nSPS) is 24.5. The fraction of sp³-hybridized carbons (Fsp3) is 0.562. The molecule has 0 radical (unpaired) electrons. The lowest BCUT2D eigenvalue weighted by Gasteiger charge is -2.36. The van der Waals surface area contributed by atoms with Crippen molar-refractivity contribution in [3.63, 3.8) is 0 Å². The van der Waals surface area contributed by atoms with Crippen molar-refractivity contribution in [1.29, 1.82) is 0 Å². The van der Waals surface area contributed by atoms with Crippen molar-refractivity contribution in [2.45, 2.75) is 31.4 Å². The van der Waals surface area contributed by atoms with Gasteiger partial charge in [-0.25, -0.2) is 9.37 Å². The molecule has 1 aromatic carbocycles. The maximum absolute atomic E-state index is 13.3. The molecule has 0 aliphatic carbocycles. The molecule has 4 rings (SSSR count). The fourth-order valence-electron chi connectivity index (χ4n) is 3.66. The number of imidazole rings is 1. The maximum atomic E-state index is 13.3. The van der Waals surface area contributed by atoms with Crippen molar-refractivity contribution in [3.05, 3.63) is 24.0 Å². The lowest BCUT2D eigenvalue weighted by molar-refractivity contribution is 0.148. The number of likely N-dealkylation sites (tertiary alicyclic amines) is 1. The summed E-state index contributed by atoms with van der Waals surface area (Å²) < 4.78 is 13.3. The number of aromatic amines is 1. The second-order valence-electron chi connectivity index (χ2n) is 6.38. The number of rotatable bonds is 2. The summed E-state index contributed by atoms with van der Waals surface area (Å²) in [7, 11) is 0. The van der Waals surface area contributed by atoms with Gasteiger partial charge in [-0.1, -0.05) is 0 Å². The molecule has 2 aliphatic heterocycles. The molecule has 118 valence electrons. The van der Waals surface area contributed by atoms with Gasteiger partial charge in [-0.3, -0.25) is 4.90 Å². The molecule has 22 heavy (non-hydrogen) atoms. The van der Waals surface area contributed by atoms with Gasteiger partial charge in [0.1, 0.15) is 5.82 Å². The minimum atomic E-state index is -0.242. The number of fused-ring (bicyclic) bond motifs is 1. The molecule has 2 saturated heterocycles. The molecular weight excluding hydrogens is 283 g/mol. The highest BCUT2D eigenvalue weighted by atomic mass is 19.1. The van der Waals surface area contributed by atoms with E-state index in [2.05, 4.69) is 19.8 Å². The van der Waals surface area contributed by atoms with Crippen molar-refractivity contribution in [2.24, 2.45) is 0 Å². The van der Waals surface area contributed by atoms with Crippen molar-refractivity contribution in [3.8, 4) is 0 Å². The quantitative estimate of drug-likeness (QED) is 0.887. The zero-order valence-corrected chi connectivity index (χ0v) is 12.5. The van der Waals surface area contributed by atoms with Gasteiger partial charge in [0, 0.05) is 32.2 Å². The molecule has 1 unspecified atom stereocenters. The van der Waals surface area contributed by atoms with E-state index in [1.807, 2.05) is 0 Å². The summed E-state index contributed by atoms with van der Waals surface area (Å²) in [6.07, 6.45) is 2.91. The Morgan fingerprint density at radius 2 is 2.00 bits per heavy atom. The van der Waals surface area contributed by atoms with Crippen molar-refractivity contribution < 1.29 is 9.50 Å². The second-order valence-corrected chi connectivity index (χ2v) is 6.38. The van der Waals surface area contributed by atoms with Crippen LogP contribution in [0.2, 0.25) is 0 Å². The molecule has 6 heteroatoms. The number of aliphatic hydroxyl groups excluding tert-OH is 1. The minimum Gasteiger partial charge on any atom is -0.392 e. The summed E-state index contributed by atoms with van der Waals surface area (Å²) in [6, 6.07) is 5.21. The summed E-state index contributed by atoms with van der Waals surface area (Å²) in [5.41, 5.74) is 1.56. The van der Waals surface area contributed by atoms with Gasteiger partial charge in [0.25, 0.3) is 0 Å². The second kappa shape index (κ2) is 5.52. The summed E-state index contributed by atoms with van der Waals surface area (Å²) >= 11 is 0. The Kier molecular flexibility index (Phi) is 3.50. The van der Waals surface area contributed by atoms with Crippen LogP contribution < -0.4 is 4.90 Å². The number of halogens is 1. The van der Waals surface area contributed by atoms with Crippen LogP contribution in [0.25, 0.3) is 11.0 Å². The molecule has 2 N–H and O–H groups in total. The van der Waals surface area contributed by atoms with E-state index < -0.39 is 0 Å². The van der Waals surface area contributed by atoms with Gasteiger partial charge in [0.15, 0.2) is 0 Å². The number of hydrogen-bond donors (Lipinski definition) is 2. The first kappa shape index (κ1) is 14.0. The number of hydrogen-bond acceptors (Lipinski definition) is 4. The Hall–Kier alpha value is -1.66. The Morgan fingerprint density at radius 3 is 2.73 bits per heavy atom.